The lowest BCUT2D eigenvalue weighted by molar-refractivity contribution is 0.0955. The number of benzene rings is 1. The van der Waals surface area contributed by atoms with E-state index in [0.717, 1.165) is 29.0 Å². The number of imidazole rings is 1. The number of hydrogen-bond acceptors (Lipinski definition) is 4. The fourth-order valence-electron chi connectivity index (χ4n) is 2.47. The molecule has 0 spiro atoms. The summed E-state index contributed by atoms with van der Waals surface area (Å²) >= 11 is 0. The summed E-state index contributed by atoms with van der Waals surface area (Å²) in [5, 5.41) is 3.95. The van der Waals surface area contributed by atoms with Crippen LogP contribution >= 0.6 is 0 Å². The van der Waals surface area contributed by atoms with Crippen molar-refractivity contribution >= 4 is 23.2 Å². The van der Waals surface area contributed by atoms with Crippen molar-refractivity contribution in [1.29, 1.82) is 0 Å². The SMILES string of the molecule is CCn1c(C)nc2cc(C(=O)NN=Cc3cccnc3)ccc21. The first-order valence-electron chi connectivity index (χ1n) is 7.39. The number of amides is 1. The number of aromatic nitrogens is 3. The van der Waals surface area contributed by atoms with Crippen LogP contribution in [0.25, 0.3) is 11.0 Å². The highest BCUT2D eigenvalue weighted by Crippen LogP contribution is 2.17. The van der Waals surface area contributed by atoms with Crippen molar-refractivity contribution in [3.8, 4) is 0 Å². The van der Waals surface area contributed by atoms with Gasteiger partial charge in [0.2, 0.25) is 0 Å². The molecule has 0 bridgehead atoms. The van der Waals surface area contributed by atoms with Gasteiger partial charge in [-0.3, -0.25) is 9.78 Å². The Balaban J connectivity index is 1.77. The Hall–Kier alpha value is -3.02. The van der Waals surface area contributed by atoms with Gasteiger partial charge in [-0.1, -0.05) is 6.07 Å². The topological polar surface area (TPSA) is 72.2 Å². The fourth-order valence-corrected chi connectivity index (χ4v) is 2.47. The van der Waals surface area contributed by atoms with Crippen LogP contribution in [0.3, 0.4) is 0 Å². The number of nitrogens with zero attached hydrogens (tertiary/aromatic N) is 4. The first-order chi connectivity index (χ1) is 11.2. The Morgan fingerprint density at radius 3 is 3.00 bits per heavy atom. The number of carbonyl (C=O) groups is 1. The second-order valence-electron chi connectivity index (χ2n) is 5.09. The Kier molecular flexibility index (Phi) is 4.14. The minimum atomic E-state index is -0.268. The number of fused-ring (bicyclic) bond motifs is 1. The molecule has 1 N–H and O–H groups in total. The van der Waals surface area contributed by atoms with E-state index in [-0.39, 0.29) is 5.91 Å². The van der Waals surface area contributed by atoms with Gasteiger partial charge in [-0.2, -0.15) is 5.10 Å². The van der Waals surface area contributed by atoms with E-state index in [9.17, 15) is 4.79 Å². The van der Waals surface area contributed by atoms with Gasteiger partial charge < -0.3 is 4.57 Å². The fraction of sp³-hybridized carbons (Fsp3) is 0.176. The zero-order valence-corrected chi connectivity index (χ0v) is 13.0. The van der Waals surface area contributed by atoms with Gasteiger partial charge in [0.1, 0.15) is 5.82 Å². The van der Waals surface area contributed by atoms with Gasteiger partial charge >= 0.3 is 0 Å². The second kappa shape index (κ2) is 6.39. The molecule has 0 aliphatic rings. The van der Waals surface area contributed by atoms with E-state index in [2.05, 4.69) is 32.0 Å². The van der Waals surface area contributed by atoms with Crippen molar-refractivity contribution in [2.24, 2.45) is 5.10 Å². The molecule has 1 amide bonds. The van der Waals surface area contributed by atoms with E-state index in [1.807, 2.05) is 25.1 Å². The van der Waals surface area contributed by atoms with E-state index in [1.54, 1.807) is 30.7 Å². The van der Waals surface area contributed by atoms with Crippen molar-refractivity contribution in [3.63, 3.8) is 0 Å². The van der Waals surface area contributed by atoms with E-state index in [0.29, 0.717) is 5.56 Å². The highest BCUT2D eigenvalue weighted by Gasteiger charge is 2.10. The number of hydrogen-bond donors (Lipinski definition) is 1. The number of pyridine rings is 1. The van der Waals surface area contributed by atoms with Crippen LogP contribution in [0.2, 0.25) is 0 Å². The molecule has 0 fully saturated rings. The summed E-state index contributed by atoms with van der Waals surface area (Å²) in [6, 6.07) is 9.14. The molecule has 6 nitrogen and oxygen atoms in total. The molecule has 0 aliphatic heterocycles. The highest BCUT2D eigenvalue weighted by atomic mass is 16.2. The van der Waals surface area contributed by atoms with Crippen LogP contribution in [-0.2, 0) is 6.54 Å². The molecule has 23 heavy (non-hydrogen) atoms. The quantitative estimate of drug-likeness (QED) is 0.594. The van der Waals surface area contributed by atoms with Crippen LogP contribution < -0.4 is 5.43 Å². The normalized spacial score (nSPS) is 11.2. The largest absolute Gasteiger partial charge is 0.329 e. The summed E-state index contributed by atoms with van der Waals surface area (Å²) in [5.74, 6) is 0.672. The molecule has 2 aromatic heterocycles. The standard InChI is InChI=1S/C17H17N5O/c1-3-22-12(2)20-15-9-14(6-7-16(15)22)17(23)21-19-11-13-5-4-8-18-10-13/h4-11H,3H2,1-2H3,(H,21,23). The molecule has 116 valence electrons. The Labute approximate surface area is 133 Å². The molecule has 0 unspecified atom stereocenters. The first-order valence-corrected chi connectivity index (χ1v) is 7.39. The zero-order valence-electron chi connectivity index (χ0n) is 13.0. The molecule has 0 aliphatic carbocycles. The van der Waals surface area contributed by atoms with Gasteiger partial charge in [-0.05, 0) is 38.1 Å². The average molecular weight is 307 g/mol. The van der Waals surface area contributed by atoms with E-state index in [4.69, 9.17) is 0 Å². The molecule has 3 aromatic rings. The third kappa shape index (κ3) is 3.11. The summed E-state index contributed by atoms with van der Waals surface area (Å²) in [6.45, 7) is 4.88. The minimum absolute atomic E-state index is 0.268. The molecule has 2 heterocycles. The van der Waals surface area contributed by atoms with Crippen LogP contribution in [0, 0.1) is 6.92 Å². The maximum absolute atomic E-state index is 12.2. The van der Waals surface area contributed by atoms with Crippen molar-refractivity contribution < 1.29 is 4.79 Å². The smallest absolute Gasteiger partial charge is 0.271 e. The average Bonchev–Trinajstić information content (AvgIpc) is 2.89. The van der Waals surface area contributed by atoms with Gasteiger partial charge in [-0.15, -0.1) is 0 Å². The van der Waals surface area contributed by atoms with Crippen LogP contribution in [0.1, 0.15) is 28.7 Å². The molecular formula is C17H17N5O. The molecule has 0 atom stereocenters. The predicted molar refractivity (Wildman–Crippen MR) is 89.4 cm³/mol. The summed E-state index contributed by atoms with van der Waals surface area (Å²) in [7, 11) is 0. The number of carbonyl (C=O) groups excluding carboxylic acids is 1. The summed E-state index contributed by atoms with van der Waals surface area (Å²) < 4.78 is 2.11. The lowest BCUT2D eigenvalue weighted by Crippen LogP contribution is -2.17. The summed E-state index contributed by atoms with van der Waals surface area (Å²) in [5.41, 5.74) is 5.71. The van der Waals surface area contributed by atoms with Crippen LogP contribution in [0.4, 0.5) is 0 Å². The lowest BCUT2D eigenvalue weighted by atomic mass is 10.2. The van der Waals surface area contributed by atoms with Crippen LogP contribution in [0.15, 0.2) is 47.8 Å². The molecule has 0 saturated heterocycles. The van der Waals surface area contributed by atoms with Gasteiger partial charge in [0.15, 0.2) is 0 Å². The molecule has 0 saturated carbocycles. The van der Waals surface area contributed by atoms with Crippen molar-refractivity contribution in [2.75, 3.05) is 0 Å². The second-order valence-corrected chi connectivity index (χ2v) is 5.09. The Bertz CT molecular complexity index is 867. The van der Waals surface area contributed by atoms with Crippen LogP contribution in [0.5, 0.6) is 0 Å². The van der Waals surface area contributed by atoms with Gasteiger partial charge in [-0.25, -0.2) is 10.4 Å². The summed E-state index contributed by atoms with van der Waals surface area (Å²) in [4.78, 5) is 20.6. The Morgan fingerprint density at radius 2 is 2.26 bits per heavy atom. The molecular weight excluding hydrogens is 290 g/mol. The molecule has 6 heteroatoms. The van der Waals surface area contributed by atoms with Crippen molar-refractivity contribution in [3.05, 3.63) is 59.7 Å². The van der Waals surface area contributed by atoms with E-state index < -0.39 is 0 Å². The van der Waals surface area contributed by atoms with Gasteiger partial charge in [0, 0.05) is 30.1 Å². The maximum atomic E-state index is 12.2. The lowest BCUT2D eigenvalue weighted by Gasteiger charge is -2.03. The number of aryl methyl sites for hydroxylation is 2. The summed E-state index contributed by atoms with van der Waals surface area (Å²) in [6.07, 6.45) is 4.91. The number of nitrogens with one attached hydrogen (secondary N) is 1. The van der Waals surface area contributed by atoms with E-state index in [1.165, 1.54) is 0 Å². The predicted octanol–water partition coefficient (Wildman–Crippen LogP) is 2.52. The molecule has 1 aromatic carbocycles. The zero-order chi connectivity index (χ0) is 16.2. The number of hydrazone groups is 1. The van der Waals surface area contributed by atoms with Gasteiger partial charge in [0.05, 0.1) is 17.2 Å². The van der Waals surface area contributed by atoms with Gasteiger partial charge in [0.25, 0.3) is 5.91 Å². The highest BCUT2D eigenvalue weighted by molar-refractivity contribution is 5.97. The monoisotopic (exact) mass is 307 g/mol. The van der Waals surface area contributed by atoms with E-state index >= 15 is 0 Å². The minimum Gasteiger partial charge on any atom is -0.329 e. The van der Waals surface area contributed by atoms with Crippen molar-refractivity contribution in [2.45, 2.75) is 20.4 Å². The molecule has 0 radical (unpaired) electrons. The third-order valence-corrected chi connectivity index (χ3v) is 3.58. The first kappa shape index (κ1) is 14.9. The maximum Gasteiger partial charge on any atom is 0.271 e. The Morgan fingerprint density at radius 1 is 1.39 bits per heavy atom. The third-order valence-electron chi connectivity index (χ3n) is 3.58. The molecule has 3 rings (SSSR count). The number of rotatable bonds is 4. The van der Waals surface area contributed by atoms with Crippen molar-refractivity contribution in [1.82, 2.24) is 20.0 Å². The van der Waals surface area contributed by atoms with Crippen LogP contribution in [-0.4, -0.2) is 26.7 Å².